The number of nitrogens with one attached hydrogen (secondary N) is 2. The van der Waals surface area contributed by atoms with Gasteiger partial charge in [0.2, 0.25) is 10.0 Å². The molecule has 1 heterocycles. The van der Waals surface area contributed by atoms with Gasteiger partial charge in [0.1, 0.15) is 0 Å². The normalized spacial score (nSPS) is 11.8. The standard InChI is InChI=1S/C19H20N2O3S/c1-13-8-16-10-17(19(22)21-18(16)9-14(13)2)11-20-25(23,24)12-15-6-4-3-5-7-15/h3-10,20H,11-12H2,1-2H3,(H,21,22). The van der Waals surface area contributed by atoms with Crippen molar-refractivity contribution in [2.24, 2.45) is 0 Å². The van der Waals surface area contributed by atoms with Gasteiger partial charge in [-0.3, -0.25) is 4.79 Å². The summed E-state index contributed by atoms with van der Waals surface area (Å²) < 4.78 is 27.0. The lowest BCUT2D eigenvalue weighted by molar-refractivity contribution is 0.580. The van der Waals surface area contributed by atoms with E-state index in [-0.39, 0.29) is 17.9 Å². The van der Waals surface area contributed by atoms with E-state index in [2.05, 4.69) is 9.71 Å². The van der Waals surface area contributed by atoms with Crippen molar-refractivity contribution >= 4 is 20.9 Å². The first-order valence-electron chi connectivity index (χ1n) is 7.98. The SMILES string of the molecule is Cc1cc2cc(CNS(=O)(=O)Cc3ccccc3)c(=O)[nH]c2cc1C. The summed E-state index contributed by atoms with van der Waals surface area (Å²) in [5, 5.41) is 0.889. The molecule has 0 spiro atoms. The van der Waals surface area contributed by atoms with E-state index in [0.29, 0.717) is 11.1 Å². The fraction of sp³-hybridized carbons (Fsp3) is 0.211. The van der Waals surface area contributed by atoms with Gasteiger partial charge in [0.05, 0.1) is 5.75 Å². The maximum atomic E-state index is 12.2. The van der Waals surface area contributed by atoms with Crippen LogP contribution in [0.3, 0.4) is 0 Å². The molecule has 0 radical (unpaired) electrons. The number of hydrogen-bond donors (Lipinski definition) is 2. The number of pyridine rings is 1. The van der Waals surface area contributed by atoms with Crippen LogP contribution in [0, 0.1) is 13.8 Å². The third-order valence-electron chi connectivity index (χ3n) is 4.22. The van der Waals surface area contributed by atoms with Crippen molar-refractivity contribution in [2.45, 2.75) is 26.1 Å². The van der Waals surface area contributed by atoms with E-state index in [1.807, 2.05) is 32.0 Å². The van der Waals surface area contributed by atoms with E-state index in [1.54, 1.807) is 30.3 Å². The molecule has 6 heteroatoms. The van der Waals surface area contributed by atoms with Crippen LogP contribution in [-0.2, 0) is 22.3 Å². The van der Waals surface area contributed by atoms with Gasteiger partial charge in [0.15, 0.2) is 0 Å². The molecule has 1 aromatic heterocycles. The summed E-state index contributed by atoms with van der Waals surface area (Å²) in [6.07, 6.45) is 0. The predicted molar refractivity (Wildman–Crippen MR) is 99.9 cm³/mol. The molecule has 0 aliphatic heterocycles. The van der Waals surface area contributed by atoms with Crippen molar-refractivity contribution in [1.82, 2.24) is 9.71 Å². The van der Waals surface area contributed by atoms with Crippen molar-refractivity contribution < 1.29 is 8.42 Å². The van der Waals surface area contributed by atoms with Crippen molar-refractivity contribution in [3.05, 3.63) is 81.1 Å². The van der Waals surface area contributed by atoms with E-state index in [9.17, 15) is 13.2 Å². The van der Waals surface area contributed by atoms with Gasteiger partial charge < -0.3 is 4.98 Å². The summed E-state index contributed by atoms with van der Waals surface area (Å²) >= 11 is 0. The van der Waals surface area contributed by atoms with Crippen molar-refractivity contribution in [2.75, 3.05) is 0 Å². The highest BCUT2D eigenvalue weighted by molar-refractivity contribution is 7.88. The van der Waals surface area contributed by atoms with Crippen LogP contribution in [0.4, 0.5) is 0 Å². The molecule has 0 aliphatic rings. The Hall–Kier alpha value is -2.44. The highest BCUT2D eigenvalue weighted by Crippen LogP contribution is 2.17. The Morgan fingerprint density at radius 3 is 2.40 bits per heavy atom. The zero-order valence-electron chi connectivity index (χ0n) is 14.2. The Morgan fingerprint density at radius 1 is 1.00 bits per heavy atom. The molecule has 0 fully saturated rings. The van der Waals surface area contributed by atoms with Gasteiger partial charge in [-0.25, -0.2) is 13.1 Å². The molecule has 0 aliphatic carbocycles. The summed E-state index contributed by atoms with van der Waals surface area (Å²) in [6.45, 7) is 3.95. The fourth-order valence-corrected chi connectivity index (χ4v) is 3.79. The van der Waals surface area contributed by atoms with Crippen LogP contribution in [0.5, 0.6) is 0 Å². The molecule has 0 amide bonds. The monoisotopic (exact) mass is 356 g/mol. The second-order valence-electron chi connectivity index (χ2n) is 6.21. The minimum atomic E-state index is -3.52. The molecular formula is C19H20N2O3S. The minimum Gasteiger partial charge on any atom is -0.322 e. The van der Waals surface area contributed by atoms with Crippen LogP contribution in [0.2, 0.25) is 0 Å². The quantitative estimate of drug-likeness (QED) is 0.738. The Balaban J connectivity index is 1.82. The smallest absolute Gasteiger partial charge is 0.252 e. The molecule has 2 aromatic carbocycles. The van der Waals surface area contributed by atoms with Crippen LogP contribution in [-0.4, -0.2) is 13.4 Å². The largest absolute Gasteiger partial charge is 0.322 e. The molecule has 0 atom stereocenters. The van der Waals surface area contributed by atoms with Crippen molar-refractivity contribution in [1.29, 1.82) is 0 Å². The topological polar surface area (TPSA) is 79.0 Å². The Bertz CT molecular complexity index is 1070. The van der Waals surface area contributed by atoms with Crippen LogP contribution < -0.4 is 10.3 Å². The second kappa shape index (κ2) is 6.82. The first-order valence-corrected chi connectivity index (χ1v) is 9.64. The first-order chi connectivity index (χ1) is 11.8. The summed E-state index contributed by atoms with van der Waals surface area (Å²) in [5.41, 5.74) is 3.79. The number of rotatable bonds is 5. The van der Waals surface area contributed by atoms with E-state index in [0.717, 1.165) is 22.0 Å². The highest BCUT2D eigenvalue weighted by Gasteiger charge is 2.13. The molecule has 5 nitrogen and oxygen atoms in total. The van der Waals surface area contributed by atoms with Crippen LogP contribution >= 0.6 is 0 Å². The lowest BCUT2D eigenvalue weighted by Crippen LogP contribution is -2.28. The number of aromatic amines is 1. The van der Waals surface area contributed by atoms with Gasteiger partial charge in [-0.1, -0.05) is 30.3 Å². The van der Waals surface area contributed by atoms with E-state index < -0.39 is 10.0 Å². The zero-order valence-corrected chi connectivity index (χ0v) is 15.0. The fourth-order valence-electron chi connectivity index (χ4n) is 2.69. The molecule has 0 bridgehead atoms. The lowest BCUT2D eigenvalue weighted by atomic mass is 10.1. The molecule has 0 saturated carbocycles. The van der Waals surface area contributed by atoms with Crippen LogP contribution in [0.15, 0.2) is 53.3 Å². The van der Waals surface area contributed by atoms with Gasteiger partial charge in [0, 0.05) is 17.6 Å². The zero-order chi connectivity index (χ0) is 18.0. The van der Waals surface area contributed by atoms with Crippen LogP contribution in [0.25, 0.3) is 10.9 Å². The molecule has 0 unspecified atom stereocenters. The maximum absolute atomic E-state index is 12.2. The Morgan fingerprint density at radius 2 is 1.68 bits per heavy atom. The number of hydrogen-bond acceptors (Lipinski definition) is 3. The predicted octanol–water partition coefficient (Wildman–Crippen LogP) is 2.76. The Kier molecular flexibility index (Phi) is 4.74. The minimum absolute atomic E-state index is 0.0344. The van der Waals surface area contributed by atoms with Gasteiger partial charge in [0.25, 0.3) is 5.56 Å². The van der Waals surface area contributed by atoms with E-state index in [4.69, 9.17) is 0 Å². The number of aromatic nitrogens is 1. The second-order valence-corrected chi connectivity index (χ2v) is 8.02. The molecule has 3 rings (SSSR count). The third-order valence-corrected chi connectivity index (χ3v) is 5.52. The van der Waals surface area contributed by atoms with Crippen molar-refractivity contribution in [3.8, 4) is 0 Å². The third kappa shape index (κ3) is 4.15. The Labute approximate surface area is 146 Å². The first kappa shape index (κ1) is 17.4. The number of H-pyrrole nitrogens is 1. The highest BCUT2D eigenvalue weighted by atomic mass is 32.2. The van der Waals surface area contributed by atoms with Gasteiger partial charge in [-0.05, 0) is 54.1 Å². The molecule has 130 valence electrons. The average molecular weight is 356 g/mol. The number of benzene rings is 2. The molecule has 3 aromatic rings. The van der Waals surface area contributed by atoms with Gasteiger partial charge in [-0.15, -0.1) is 0 Å². The van der Waals surface area contributed by atoms with Gasteiger partial charge >= 0.3 is 0 Å². The number of sulfonamides is 1. The number of fused-ring (bicyclic) bond motifs is 1. The van der Waals surface area contributed by atoms with E-state index in [1.165, 1.54) is 0 Å². The van der Waals surface area contributed by atoms with Gasteiger partial charge in [-0.2, -0.15) is 0 Å². The molecular weight excluding hydrogens is 336 g/mol. The molecule has 25 heavy (non-hydrogen) atoms. The molecule has 0 saturated heterocycles. The number of aryl methyl sites for hydroxylation is 2. The summed E-state index contributed by atoms with van der Waals surface area (Å²) in [4.78, 5) is 15.0. The van der Waals surface area contributed by atoms with Crippen LogP contribution in [0.1, 0.15) is 22.3 Å². The summed E-state index contributed by atoms with van der Waals surface area (Å²) in [5.74, 6) is -0.113. The summed E-state index contributed by atoms with van der Waals surface area (Å²) in [6, 6.07) is 14.6. The van der Waals surface area contributed by atoms with E-state index >= 15 is 0 Å². The van der Waals surface area contributed by atoms with Crippen molar-refractivity contribution in [3.63, 3.8) is 0 Å². The summed E-state index contributed by atoms with van der Waals surface area (Å²) in [7, 11) is -3.52. The lowest BCUT2D eigenvalue weighted by Gasteiger charge is -2.09. The molecule has 2 N–H and O–H groups in total. The average Bonchev–Trinajstić information content (AvgIpc) is 2.55. The maximum Gasteiger partial charge on any atom is 0.252 e.